The molecule has 29 heavy (non-hydrogen) atoms. The van der Waals surface area contributed by atoms with E-state index in [0.29, 0.717) is 25.7 Å². The SMILES string of the molecule is CC[C@@H](O)C[C@@H]1CC[C@@H]([C@@H](C)C(=O)O[C@@H](CC)C[C@@H]2CC[C@@H]([C@@H](C)C(=O)O)O2)O1. The molecule has 0 amide bonds. The standard InChI is InChI=1S/C22H38O7/c1-5-15(23)11-17-7-10-20(27-17)14(4)22(26)29-16(6-2)12-18-8-9-19(28-18)13(3)21(24)25/h13-20,23H,5-12H2,1-4H3,(H,24,25)/t13-,14-,15-,16+,17+,18+,19+,20+/m1/s1. The van der Waals surface area contributed by atoms with Gasteiger partial charge in [-0.15, -0.1) is 0 Å². The summed E-state index contributed by atoms with van der Waals surface area (Å²) in [5.74, 6) is -1.98. The topological polar surface area (TPSA) is 102 Å². The lowest BCUT2D eigenvalue weighted by molar-refractivity contribution is -0.160. The number of hydrogen-bond donors (Lipinski definition) is 2. The molecule has 0 bridgehead atoms. The Balaban J connectivity index is 1.78. The number of carboxylic acid groups (broad SMARTS) is 1. The number of carbonyl (C=O) groups is 2. The number of aliphatic hydroxyl groups excluding tert-OH is 1. The zero-order chi connectivity index (χ0) is 21.6. The van der Waals surface area contributed by atoms with Crippen molar-refractivity contribution in [2.24, 2.45) is 11.8 Å². The van der Waals surface area contributed by atoms with Gasteiger partial charge in [0.25, 0.3) is 0 Å². The van der Waals surface area contributed by atoms with Gasteiger partial charge in [0.1, 0.15) is 6.10 Å². The van der Waals surface area contributed by atoms with E-state index in [4.69, 9.17) is 19.3 Å². The van der Waals surface area contributed by atoms with Crippen LogP contribution in [0.25, 0.3) is 0 Å². The van der Waals surface area contributed by atoms with E-state index < -0.39 is 11.9 Å². The van der Waals surface area contributed by atoms with Crippen LogP contribution in [0.1, 0.15) is 79.1 Å². The predicted molar refractivity (Wildman–Crippen MR) is 107 cm³/mol. The number of hydrogen-bond acceptors (Lipinski definition) is 6. The molecule has 0 radical (unpaired) electrons. The van der Waals surface area contributed by atoms with Crippen LogP contribution in [0.5, 0.6) is 0 Å². The van der Waals surface area contributed by atoms with Gasteiger partial charge in [0.2, 0.25) is 0 Å². The van der Waals surface area contributed by atoms with Crippen LogP contribution in [-0.2, 0) is 23.8 Å². The third-order valence-corrected chi connectivity index (χ3v) is 6.43. The van der Waals surface area contributed by atoms with E-state index in [2.05, 4.69) is 0 Å². The Morgan fingerprint density at radius 1 is 0.931 bits per heavy atom. The molecule has 8 atom stereocenters. The number of rotatable bonds is 11. The van der Waals surface area contributed by atoms with Gasteiger partial charge in [-0.05, 0) is 58.8 Å². The Hall–Kier alpha value is -1.18. The van der Waals surface area contributed by atoms with Gasteiger partial charge in [-0.2, -0.15) is 0 Å². The first-order chi connectivity index (χ1) is 13.7. The quantitative estimate of drug-likeness (QED) is 0.500. The van der Waals surface area contributed by atoms with Gasteiger partial charge in [0.15, 0.2) is 0 Å². The first-order valence-corrected chi connectivity index (χ1v) is 11.2. The van der Waals surface area contributed by atoms with Crippen molar-refractivity contribution in [3.05, 3.63) is 0 Å². The fraction of sp³-hybridized carbons (Fsp3) is 0.909. The smallest absolute Gasteiger partial charge is 0.311 e. The maximum absolute atomic E-state index is 12.6. The zero-order valence-corrected chi connectivity index (χ0v) is 18.2. The van der Waals surface area contributed by atoms with Crippen molar-refractivity contribution in [1.29, 1.82) is 0 Å². The highest BCUT2D eigenvalue weighted by molar-refractivity contribution is 5.73. The number of carbonyl (C=O) groups excluding carboxylic acids is 1. The van der Waals surface area contributed by atoms with Gasteiger partial charge < -0.3 is 24.4 Å². The van der Waals surface area contributed by atoms with E-state index in [1.807, 2.05) is 20.8 Å². The van der Waals surface area contributed by atoms with Gasteiger partial charge in [0, 0.05) is 6.42 Å². The van der Waals surface area contributed by atoms with Crippen molar-refractivity contribution in [2.45, 2.75) is 116 Å². The lowest BCUT2D eigenvalue weighted by atomic mass is 10.00. The lowest BCUT2D eigenvalue weighted by Gasteiger charge is -2.25. The molecule has 0 unspecified atom stereocenters. The summed E-state index contributed by atoms with van der Waals surface area (Å²) in [5.41, 5.74) is 0. The van der Waals surface area contributed by atoms with Gasteiger partial charge in [-0.1, -0.05) is 13.8 Å². The van der Waals surface area contributed by atoms with Gasteiger partial charge >= 0.3 is 11.9 Å². The van der Waals surface area contributed by atoms with Crippen molar-refractivity contribution in [3.63, 3.8) is 0 Å². The maximum Gasteiger partial charge on any atom is 0.311 e. The minimum Gasteiger partial charge on any atom is -0.481 e. The van der Waals surface area contributed by atoms with Gasteiger partial charge in [-0.25, -0.2) is 0 Å². The minimum absolute atomic E-state index is 0.00668. The Kier molecular flexibility index (Phi) is 9.37. The maximum atomic E-state index is 12.6. The Bertz CT molecular complexity index is 537. The Labute approximate surface area is 174 Å². The summed E-state index contributed by atoms with van der Waals surface area (Å²) in [4.78, 5) is 23.8. The molecule has 2 N–H and O–H groups in total. The van der Waals surface area contributed by atoms with E-state index >= 15 is 0 Å². The molecule has 2 aliphatic heterocycles. The van der Waals surface area contributed by atoms with Crippen molar-refractivity contribution in [1.82, 2.24) is 0 Å². The average Bonchev–Trinajstić information content (AvgIpc) is 3.35. The fourth-order valence-corrected chi connectivity index (χ4v) is 4.19. The van der Waals surface area contributed by atoms with Crippen LogP contribution in [0.3, 0.4) is 0 Å². The summed E-state index contributed by atoms with van der Waals surface area (Å²) < 4.78 is 17.6. The van der Waals surface area contributed by atoms with Crippen molar-refractivity contribution >= 4 is 11.9 Å². The Morgan fingerprint density at radius 3 is 2.00 bits per heavy atom. The molecule has 2 aliphatic rings. The molecule has 0 aromatic carbocycles. The van der Waals surface area contributed by atoms with Crippen LogP contribution in [0, 0.1) is 11.8 Å². The van der Waals surface area contributed by atoms with E-state index in [1.165, 1.54) is 0 Å². The third-order valence-electron chi connectivity index (χ3n) is 6.43. The summed E-state index contributed by atoms with van der Waals surface area (Å²) in [6.45, 7) is 7.43. The van der Waals surface area contributed by atoms with Gasteiger partial charge in [0.05, 0.1) is 42.4 Å². The van der Waals surface area contributed by atoms with E-state index in [1.54, 1.807) is 6.92 Å². The van der Waals surface area contributed by atoms with Crippen LogP contribution in [0.2, 0.25) is 0 Å². The first kappa shape index (κ1) is 24.1. The lowest BCUT2D eigenvalue weighted by Crippen LogP contribution is -2.33. The second-order valence-corrected chi connectivity index (χ2v) is 8.66. The number of ether oxygens (including phenoxy) is 3. The molecule has 0 aliphatic carbocycles. The van der Waals surface area contributed by atoms with Crippen LogP contribution >= 0.6 is 0 Å². The summed E-state index contributed by atoms with van der Waals surface area (Å²) in [7, 11) is 0. The molecule has 0 aromatic heterocycles. The van der Waals surface area contributed by atoms with Crippen molar-refractivity contribution in [2.75, 3.05) is 0 Å². The predicted octanol–water partition coefficient (Wildman–Crippen LogP) is 3.31. The van der Waals surface area contributed by atoms with E-state index in [-0.39, 0.29) is 48.5 Å². The van der Waals surface area contributed by atoms with Crippen molar-refractivity contribution < 1.29 is 34.0 Å². The van der Waals surface area contributed by atoms with Crippen LogP contribution in [-0.4, -0.2) is 58.8 Å². The monoisotopic (exact) mass is 414 g/mol. The zero-order valence-electron chi connectivity index (χ0n) is 18.2. The molecule has 0 saturated carbocycles. The minimum atomic E-state index is -0.843. The number of esters is 1. The normalized spacial score (nSPS) is 31.2. The summed E-state index contributed by atoms with van der Waals surface area (Å²) in [6.07, 6.45) is 4.66. The highest BCUT2D eigenvalue weighted by atomic mass is 16.6. The molecule has 0 spiro atoms. The fourth-order valence-electron chi connectivity index (χ4n) is 4.19. The highest BCUT2D eigenvalue weighted by Gasteiger charge is 2.37. The number of aliphatic hydroxyl groups is 1. The van der Waals surface area contributed by atoms with Crippen LogP contribution < -0.4 is 0 Å². The van der Waals surface area contributed by atoms with Crippen LogP contribution in [0.4, 0.5) is 0 Å². The molecular formula is C22H38O7. The second kappa shape index (κ2) is 11.3. The van der Waals surface area contributed by atoms with Crippen LogP contribution in [0.15, 0.2) is 0 Å². The summed E-state index contributed by atoms with van der Waals surface area (Å²) in [5, 5.41) is 19.0. The molecule has 168 valence electrons. The average molecular weight is 415 g/mol. The molecule has 7 heteroatoms. The molecule has 2 heterocycles. The molecule has 2 saturated heterocycles. The first-order valence-electron chi connectivity index (χ1n) is 11.2. The van der Waals surface area contributed by atoms with Crippen molar-refractivity contribution in [3.8, 4) is 0 Å². The van der Waals surface area contributed by atoms with E-state index in [9.17, 15) is 14.7 Å². The number of aliphatic carboxylic acids is 1. The molecular weight excluding hydrogens is 376 g/mol. The Morgan fingerprint density at radius 2 is 1.48 bits per heavy atom. The number of carboxylic acids is 1. The summed E-state index contributed by atoms with van der Waals surface area (Å²) >= 11 is 0. The van der Waals surface area contributed by atoms with E-state index in [0.717, 1.165) is 25.7 Å². The molecule has 0 aromatic rings. The summed E-state index contributed by atoms with van der Waals surface area (Å²) in [6, 6.07) is 0. The third kappa shape index (κ3) is 6.93. The largest absolute Gasteiger partial charge is 0.481 e. The van der Waals surface area contributed by atoms with Gasteiger partial charge in [-0.3, -0.25) is 9.59 Å². The molecule has 7 nitrogen and oxygen atoms in total. The molecule has 2 fully saturated rings. The second-order valence-electron chi connectivity index (χ2n) is 8.66. The molecule has 2 rings (SSSR count). The highest BCUT2D eigenvalue weighted by Crippen LogP contribution is 2.31.